The molecule has 2 nitrogen and oxygen atoms in total. The number of rotatable bonds is 3. The molecular weight excluding hydrogens is 138 g/mol. The van der Waals surface area contributed by atoms with Crippen molar-refractivity contribution in [3.05, 3.63) is 12.7 Å². The van der Waals surface area contributed by atoms with E-state index in [1.807, 2.05) is 6.08 Å². The Hall–Kier alpha value is -0.340. The average Bonchev–Trinajstić information content (AvgIpc) is 2.03. The van der Waals surface area contributed by atoms with E-state index in [0.29, 0.717) is 6.04 Å². The molecule has 1 rings (SSSR count). The van der Waals surface area contributed by atoms with Gasteiger partial charge in [0.15, 0.2) is 0 Å². The Kier molecular flexibility index (Phi) is 3.60. The highest BCUT2D eigenvalue weighted by atomic mass is 16.3. The Bertz CT molecular complexity index is 125. The molecule has 0 heterocycles. The molecule has 2 heteroatoms. The molecule has 0 spiro atoms. The van der Waals surface area contributed by atoms with Crippen molar-refractivity contribution in [2.45, 2.75) is 37.8 Å². The fourth-order valence-corrected chi connectivity index (χ4v) is 1.58. The fraction of sp³-hybridized carbons (Fsp3) is 0.778. The van der Waals surface area contributed by atoms with E-state index >= 15 is 0 Å². The molecule has 2 N–H and O–H groups in total. The predicted octanol–water partition coefficient (Wildman–Crippen LogP) is 1.07. The van der Waals surface area contributed by atoms with Crippen molar-refractivity contribution in [3.63, 3.8) is 0 Å². The lowest BCUT2D eigenvalue weighted by molar-refractivity contribution is 0.0929. The van der Waals surface area contributed by atoms with Crippen LogP contribution in [0.3, 0.4) is 0 Å². The molecule has 11 heavy (non-hydrogen) atoms. The molecule has 0 saturated heterocycles. The van der Waals surface area contributed by atoms with Crippen LogP contribution in [0.5, 0.6) is 0 Å². The first kappa shape index (κ1) is 8.75. The van der Waals surface area contributed by atoms with Crippen LogP contribution >= 0.6 is 0 Å². The summed E-state index contributed by atoms with van der Waals surface area (Å²) in [5.41, 5.74) is 0. The van der Waals surface area contributed by atoms with E-state index in [9.17, 15) is 5.11 Å². The minimum atomic E-state index is -0.135. The van der Waals surface area contributed by atoms with Gasteiger partial charge >= 0.3 is 0 Å². The van der Waals surface area contributed by atoms with Gasteiger partial charge in [-0.05, 0) is 12.8 Å². The van der Waals surface area contributed by atoms with Gasteiger partial charge in [-0.15, -0.1) is 6.58 Å². The number of aliphatic hydroxyl groups excluding tert-OH is 1. The average molecular weight is 155 g/mol. The molecule has 2 atom stereocenters. The van der Waals surface area contributed by atoms with Crippen molar-refractivity contribution in [2.75, 3.05) is 6.54 Å². The summed E-state index contributed by atoms with van der Waals surface area (Å²) >= 11 is 0. The second-order valence-corrected chi connectivity index (χ2v) is 3.16. The molecule has 64 valence electrons. The molecule has 0 unspecified atom stereocenters. The van der Waals surface area contributed by atoms with E-state index in [1.165, 1.54) is 12.8 Å². The first-order valence-corrected chi connectivity index (χ1v) is 4.37. The van der Waals surface area contributed by atoms with Gasteiger partial charge in [0, 0.05) is 12.6 Å². The van der Waals surface area contributed by atoms with Gasteiger partial charge in [0.05, 0.1) is 6.10 Å². The number of nitrogens with one attached hydrogen (secondary N) is 1. The van der Waals surface area contributed by atoms with Gasteiger partial charge < -0.3 is 10.4 Å². The summed E-state index contributed by atoms with van der Waals surface area (Å²) in [6, 6.07) is 0.307. The van der Waals surface area contributed by atoms with Crippen LogP contribution < -0.4 is 5.32 Å². The molecule has 1 aliphatic rings. The normalized spacial score (nSPS) is 31.7. The van der Waals surface area contributed by atoms with Crippen LogP contribution in [-0.2, 0) is 0 Å². The lowest BCUT2D eigenvalue weighted by atomic mass is 9.93. The second kappa shape index (κ2) is 4.52. The molecule has 0 aliphatic heterocycles. The maximum Gasteiger partial charge on any atom is 0.0693 e. The largest absolute Gasteiger partial charge is 0.392 e. The van der Waals surface area contributed by atoms with Crippen LogP contribution in [0, 0.1) is 0 Å². The van der Waals surface area contributed by atoms with Crippen LogP contribution in [0.25, 0.3) is 0 Å². The maximum absolute atomic E-state index is 9.50. The minimum absolute atomic E-state index is 0.135. The van der Waals surface area contributed by atoms with E-state index in [0.717, 1.165) is 19.4 Å². The summed E-state index contributed by atoms with van der Waals surface area (Å²) in [6.07, 6.45) is 6.17. The summed E-state index contributed by atoms with van der Waals surface area (Å²) in [7, 11) is 0. The van der Waals surface area contributed by atoms with Crippen LogP contribution in [0.15, 0.2) is 12.7 Å². The van der Waals surface area contributed by atoms with Crippen molar-refractivity contribution < 1.29 is 5.11 Å². The van der Waals surface area contributed by atoms with Crippen molar-refractivity contribution in [1.29, 1.82) is 0 Å². The minimum Gasteiger partial charge on any atom is -0.392 e. The molecule has 1 aliphatic carbocycles. The van der Waals surface area contributed by atoms with Gasteiger partial charge in [-0.2, -0.15) is 0 Å². The van der Waals surface area contributed by atoms with E-state index in [2.05, 4.69) is 11.9 Å². The monoisotopic (exact) mass is 155 g/mol. The van der Waals surface area contributed by atoms with Gasteiger partial charge in [0.1, 0.15) is 0 Å². The summed E-state index contributed by atoms with van der Waals surface area (Å²) in [5, 5.41) is 12.8. The third-order valence-electron chi connectivity index (χ3n) is 2.25. The predicted molar refractivity (Wildman–Crippen MR) is 46.5 cm³/mol. The summed E-state index contributed by atoms with van der Waals surface area (Å²) in [4.78, 5) is 0. The zero-order valence-corrected chi connectivity index (χ0v) is 6.92. The van der Waals surface area contributed by atoms with Gasteiger partial charge in [0.2, 0.25) is 0 Å². The first-order valence-electron chi connectivity index (χ1n) is 4.37. The Morgan fingerprint density at radius 2 is 2.18 bits per heavy atom. The van der Waals surface area contributed by atoms with Gasteiger partial charge in [-0.1, -0.05) is 18.9 Å². The van der Waals surface area contributed by atoms with Gasteiger partial charge in [0.25, 0.3) is 0 Å². The lowest BCUT2D eigenvalue weighted by Crippen LogP contribution is -2.41. The SMILES string of the molecule is C=CCN[C@@H]1CCCC[C@H]1O. The van der Waals surface area contributed by atoms with Crippen molar-refractivity contribution in [2.24, 2.45) is 0 Å². The molecule has 0 amide bonds. The highest BCUT2D eigenvalue weighted by Crippen LogP contribution is 2.17. The fourth-order valence-electron chi connectivity index (χ4n) is 1.58. The zero-order valence-electron chi connectivity index (χ0n) is 6.92. The Morgan fingerprint density at radius 3 is 2.82 bits per heavy atom. The van der Waals surface area contributed by atoms with E-state index in [1.54, 1.807) is 0 Å². The molecule has 0 aromatic carbocycles. The standard InChI is InChI=1S/C9H17NO/c1-2-7-10-8-5-3-4-6-9(8)11/h2,8-11H,1,3-7H2/t8-,9-/m1/s1. The summed E-state index contributed by atoms with van der Waals surface area (Å²) in [6.45, 7) is 4.43. The Balaban J connectivity index is 2.23. The lowest BCUT2D eigenvalue weighted by Gasteiger charge is -2.27. The van der Waals surface area contributed by atoms with Crippen LogP contribution in [0.4, 0.5) is 0 Å². The number of aliphatic hydroxyl groups is 1. The van der Waals surface area contributed by atoms with E-state index in [4.69, 9.17) is 0 Å². The van der Waals surface area contributed by atoms with Crippen LogP contribution in [-0.4, -0.2) is 23.8 Å². The zero-order chi connectivity index (χ0) is 8.10. The first-order chi connectivity index (χ1) is 5.34. The van der Waals surface area contributed by atoms with Crippen molar-refractivity contribution in [1.82, 2.24) is 5.32 Å². The van der Waals surface area contributed by atoms with Gasteiger partial charge in [-0.25, -0.2) is 0 Å². The molecule has 0 radical (unpaired) electrons. The van der Waals surface area contributed by atoms with Crippen molar-refractivity contribution in [3.8, 4) is 0 Å². The summed E-state index contributed by atoms with van der Waals surface area (Å²) in [5.74, 6) is 0. The summed E-state index contributed by atoms with van der Waals surface area (Å²) < 4.78 is 0. The molecule has 1 saturated carbocycles. The molecule has 0 aromatic heterocycles. The van der Waals surface area contributed by atoms with Crippen molar-refractivity contribution >= 4 is 0 Å². The van der Waals surface area contributed by atoms with Crippen LogP contribution in [0.1, 0.15) is 25.7 Å². The topological polar surface area (TPSA) is 32.3 Å². The molecular formula is C9H17NO. The quantitative estimate of drug-likeness (QED) is 0.597. The smallest absolute Gasteiger partial charge is 0.0693 e. The highest BCUT2D eigenvalue weighted by molar-refractivity contribution is 4.83. The maximum atomic E-state index is 9.50. The third-order valence-corrected chi connectivity index (χ3v) is 2.25. The molecule has 0 aromatic rings. The number of hydrogen-bond acceptors (Lipinski definition) is 2. The Labute approximate surface area is 68.3 Å². The second-order valence-electron chi connectivity index (χ2n) is 3.16. The Morgan fingerprint density at radius 1 is 1.45 bits per heavy atom. The number of hydrogen-bond donors (Lipinski definition) is 2. The third kappa shape index (κ3) is 2.64. The van der Waals surface area contributed by atoms with Crippen LogP contribution in [0.2, 0.25) is 0 Å². The highest BCUT2D eigenvalue weighted by Gasteiger charge is 2.21. The van der Waals surface area contributed by atoms with E-state index in [-0.39, 0.29) is 6.10 Å². The molecule has 0 bridgehead atoms. The van der Waals surface area contributed by atoms with Gasteiger partial charge in [-0.3, -0.25) is 0 Å². The molecule has 1 fully saturated rings. The van der Waals surface area contributed by atoms with E-state index < -0.39 is 0 Å².